The van der Waals surface area contributed by atoms with Crippen molar-refractivity contribution in [2.24, 2.45) is 5.73 Å². The van der Waals surface area contributed by atoms with Gasteiger partial charge in [0.15, 0.2) is 15.0 Å². The average molecular weight is 289 g/mol. The molecular formula is C11H19N3O2S2. The van der Waals surface area contributed by atoms with Crippen LogP contribution in [0.1, 0.15) is 23.9 Å². The number of aryl methyl sites for hydroxylation is 1. The smallest absolute Gasteiger partial charge is 0.185 e. The maximum atomic E-state index is 11.6. The largest absolute Gasteiger partial charge is 0.347 e. The van der Waals surface area contributed by atoms with Crippen LogP contribution in [-0.4, -0.2) is 38.0 Å². The fourth-order valence-corrected chi connectivity index (χ4v) is 4.42. The van der Waals surface area contributed by atoms with Crippen molar-refractivity contribution in [2.45, 2.75) is 26.3 Å². The van der Waals surface area contributed by atoms with Gasteiger partial charge in [-0.25, -0.2) is 13.4 Å². The van der Waals surface area contributed by atoms with Gasteiger partial charge in [-0.05, 0) is 12.8 Å². The van der Waals surface area contributed by atoms with E-state index >= 15 is 0 Å². The molecule has 102 valence electrons. The fourth-order valence-electron chi connectivity index (χ4n) is 2.07. The summed E-state index contributed by atoms with van der Waals surface area (Å²) < 4.78 is 23.1. The molecule has 7 heteroatoms. The number of hydrogen-bond donors (Lipinski definition) is 1. The Morgan fingerprint density at radius 3 is 2.78 bits per heavy atom. The van der Waals surface area contributed by atoms with Gasteiger partial charge in [-0.1, -0.05) is 6.92 Å². The normalized spacial score (nSPS) is 19.8. The SMILES string of the molecule is CCc1nc(N2CCCS(=O)(=O)CC2)sc1CN. The zero-order valence-corrected chi connectivity index (χ0v) is 12.2. The van der Waals surface area contributed by atoms with E-state index in [-0.39, 0.29) is 5.75 Å². The van der Waals surface area contributed by atoms with Crippen LogP contribution >= 0.6 is 11.3 Å². The summed E-state index contributed by atoms with van der Waals surface area (Å²) in [5, 5.41) is 0.921. The quantitative estimate of drug-likeness (QED) is 0.890. The summed E-state index contributed by atoms with van der Waals surface area (Å²) in [7, 11) is -2.86. The first-order chi connectivity index (χ1) is 8.55. The molecule has 1 aliphatic rings. The molecule has 1 saturated heterocycles. The molecule has 1 aliphatic heterocycles. The Morgan fingerprint density at radius 1 is 1.39 bits per heavy atom. The second kappa shape index (κ2) is 5.54. The molecule has 0 amide bonds. The molecule has 1 aromatic heterocycles. The first-order valence-electron chi connectivity index (χ1n) is 6.19. The molecule has 0 atom stereocenters. The summed E-state index contributed by atoms with van der Waals surface area (Å²) in [6.45, 7) is 3.88. The molecule has 2 rings (SSSR count). The summed E-state index contributed by atoms with van der Waals surface area (Å²) >= 11 is 1.59. The third-order valence-electron chi connectivity index (χ3n) is 3.11. The molecule has 0 radical (unpaired) electrons. The Balaban J connectivity index is 2.18. The Morgan fingerprint density at radius 2 is 2.17 bits per heavy atom. The Hall–Kier alpha value is -0.660. The van der Waals surface area contributed by atoms with E-state index in [1.165, 1.54) is 0 Å². The van der Waals surface area contributed by atoms with Gasteiger partial charge >= 0.3 is 0 Å². The fraction of sp³-hybridized carbons (Fsp3) is 0.727. The number of anilines is 1. The van der Waals surface area contributed by atoms with Crippen LogP contribution in [0, 0.1) is 0 Å². The first kappa shape index (κ1) is 13.8. The number of nitrogens with zero attached hydrogens (tertiary/aromatic N) is 2. The van der Waals surface area contributed by atoms with E-state index < -0.39 is 9.84 Å². The third kappa shape index (κ3) is 3.02. The van der Waals surface area contributed by atoms with Crippen LogP contribution in [0.5, 0.6) is 0 Å². The van der Waals surface area contributed by atoms with Gasteiger partial charge in [-0.2, -0.15) is 0 Å². The lowest BCUT2D eigenvalue weighted by molar-refractivity contribution is 0.597. The van der Waals surface area contributed by atoms with E-state index in [0.29, 0.717) is 25.3 Å². The number of rotatable bonds is 3. The van der Waals surface area contributed by atoms with Crippen LogP contribution in [-0.2, 0) is 22.8 Å². The van der Waals surface area contributed by atoms with E-state index in [0.717, 1.165) is 28.7 Å². The van der Waals surface area contributed by atoms with Gasteiger partial charge in [0.1, 0.15) is 0 Å². The Labute approximate surface area is 112 Å². The Bertz CT molecular complexity index is 489. The molecule has 1 fully saturated rings. The van der Waals surface area contributed by atoms with E-state index in [4.69, 9.17) is 5.73 Å². The van der Waals surface area contributed by atoms with Crippen LogP contribution in [0.3, 0.4) is 0 Å². The summed E-state index contributed by atoms with van der Waals surface area (Å²) in [5.74, 6) is 0.519. The summed E-state index contributed by atoms with van der Waals surface area (Å²) in [4.78, 5) is 7.77. The molecule has 5 nitrogen and oxygen atoms in total. The van der Waals surface area contributed by atoms with Gasteiger partial charge in [0.05, 0.1) is 17.2 Å². The minimum absolute atomic E-state index is 0.228. The summed E-state index contributed by atoms with van der Waals surface area (Å²) in [5.41, 5.74) is 6.74. The minimum Gasteiger partial charge on any atom is -0.347 e. The van der Waals surface area contributed by atoms with Crippen molar-refractivity contribution in [3.63, 3.8) is 0 Å². The third-order valence-corrected chi connectivity index (χ3v) is 6.01. The molecule has 0 saturated carbocycles. The lowest BCUT2D eigenvalue weighted by atomic mass is 10.3. The maximum absolute atomic E-state index is 11.6. The van der Waals surface area contributed by atoms with E-state index in [1.807, 2.05) is 0 Å². The van der Waals surface area contributed by atoms with Crippen LogP contribution in [0.25, 0.3) is 0 Å². The van der Waals surface area contributed by atoms with Crippen LogP contribution in [0.2, 0.25) is 0 Å². The van der Waals surface area contributed by atoms with Gasteiger partial charge in [0.2, 0.25) is 0 Å². The average Bonchev–Trinajstić information content (AvgIpc) is 2.67. The molecule has 0 spiro atoms. The van der Waals surface area contributed by atoms with Gasteiger partial charge in [0, 0.05) is 24.5 Å². The van der Waals surface area contributed by atoms with Crippen LogP contribution in [0.4, 0.5) is 5.13 Å². The van der Waals surface area contributed by atoms with Crippen molar-refractivity contribution in [1.29, 1.82) is 0 Å². The van der Waals surface area contributed by atoms with Gasteiger partial charge in [-0.15, -0.1) is 11.3 Å². The zero-order valence-electron chi connectivity index (χ0n) is 10.6. The Kier molecular flexibility index (Phi) is 4.24. The van der Waals surface area contributed by atoms with Gasteiger partial charge in [-0.3, -0.25) is 0 Å². The predicted octanol–water partition coefficient (Wildman–Crippen LogP) is 0.789. The zero-order chi connectivity index (χ0) is 13.2. The monoisotopic (exact) mass is 289 g/mol. The topological polar surface area (TPSA) is 76.3 Å². The van der Waals surface area contributed by atoms with Crippen molar-refractivity contribution in [2.75, 3.05) is 29.5 Å². The van der Waals surface area contributed by atoms with Crippen molar-refractivity contribution < 1.29 is 8.42 Å². The minimum atomic E-state index is -2.86. The van der Waals surface area contributed by atoms with Crippen molar-refractivity contribution in [1.82, 2.24) is 4.98 Å². The number of nitrogens with two attached hydrogens (primary N) is 1. The van der Waals surface area contributed by atoms with Gasteiger partial charge < -0.3 is 10.6 Å². The highest BCUT2D eigenvalue weighted by molar-refractivity contribution is 7.91. The number of sulfone groups is 1. The maximum Gasteiger partial charge on any atom is 0.185 e. The first-order valence-corrected chi connectivity index (χ1v) is 8.83. The van der Waals surface area contributed by atoms with Crippen LogP contribution in [0.15, 0.2) is 0 Å². The van der Waals surface area contributed by atoms with Gasteiger partial charge in [0.25, 0.3) is 0 Å². The highest BCUT2D eigenvalue weighted by atomic mass is 32.2. The number of hydrogen-bond acceptors (Lipinski definition) is 6. The second-order valence-electron chi connectivity index (χ2n) is 4.42. The van der Waals surface area contributed by atoms with E-state index in [1.54, 1.807) is 11.3 Å². The van der Waals surface area contributed by atoms with Crippen molar-refractivity contribution >= 4 is 26.3 Å². The second-order valence-corrected chi connectivity index (χ2v) is 7.78. The molecule has 0 aromatic carbocycles. The van der Waals surface area contributed by atoms with Crippen molar-refractivity contribution in [3.05, 3.63) is 10.6 Å². The predicted molar refractivity (Wildman–Crippen MR) is 74.9 cm³/mol. The number of thiazole rings is 1. The lowest BCUT2D eigenvalue weighted by Crippen LogP contribution is -2.26. The molecule has 0 unspecified atom stereocenters. The summed E-state index contributed by atoms with van der Waals surface area (Å²) in [6.07, 6.45) is 1.55. The lowest BCUT2D eigenvalue weighted by Gasteiger charge is -2.17. The van der Waals surface area contributed by atoms with Crippen LogP contribution < -0.4 is 10.6 Å². The highest BCUT2D eigenvalue weighted by Gasteiger charge is 2.22. The molecule has 1 aromatic rings. The highest BCUT2D eigenvalue weighted by Crippen LogP contribution is 2.27. The molecule has 2 heterocycles. The molecule has 0 bridgehead atoms. The van der Waals surface area contributed by atoms with E-state index in [2.05, 4.69) is 16.8 Å². The summed E-state index contributed by atoms with van der Waals surface area (Å²) in [6, 6.07) is 0. The molecule has 2 N–H and O–H groups in total. The molecular weight excluding hydrogens is 270 g/mol. The standard InChI is InChI=1S/C11H19N3O2S2/c1-2-9-10(8-12)17-11(13-9)14-4-3-6-18(15,16)7-5-14/h2-8,12H2,1H3. The van der Waals surface area contributed by atoms with E-state index in [9.17, 15) is 8.42 Å². The molecule has 18 heavy (non-hydrogen) atoms. The number of aromatic nitrogens is 1. The van der Waals surface area contributed by atoms with Crippen molar-refractivity contribution in [3.8, 4) is 0 Å². The molecule has 0 aliphatic carbocycles.